The molecule has 0 aromatic heterocycles. The van der Waals surface area contributed by atoms with Gasteiger partial charge in [0.25, 0.3) is 0 Å². The molecule has 0 aromatic carbocycles. The van der Waals surface area contributed by atoms with Gasteiger partial charge >= 0.3 is 0 Å². The summed E-state index contributed by atoms with van der Waals surface area (Å²) in [6, 6.07) is 1.96. The molecule has 0 aromatic rings. The van der Waals surface area contributed by atoms with Crippen LogP contribution in [0.25, 0.3) is 0 Å². The van der Waals surface area contributed by atoms with E-state index in [4.69, 9.17) is 5.26 Å². The molecule has 0 spiro atoms. The third kappa shape index (κ3) is 8.31. The third-order valence-electron chi connectivity index (χ3n) is 6.84. The Kier molecular flexibility index (Phi) is 10.1. The largest absolute Gasteiger partial charge is 0.183 e. The second-order valence-corrected chi connectivity index (χ2v) is 8.77. The van der Waals surface area contributed by atoms with Gasteiger partial charge in [-0.1, -0.05) is 89.9 Å². The van der Waals surface area contributed by atoms with E-state index in [1.807, 2.05) is 6.07 Å². The van der Waals surface area contributed by atoms with Gasteiger partial charge in [0, 0.05) is 11.8 Å². The molecular weight excluding hydrogens is 302 g/mol. The molecule has 0 aliphatic heterocycles. The van der Waals surface area contributed by atoms with Crippen LogP contribution in [0.1, 0.15) is 110 Å². The highest BCUT2D eigenvalue weighted by Gasteiger charge is 2.24. The second kappa shape index (κ2) is 12.4. The van der Waals surface area contributed by atoms with Crippen molar-refractivity contribution in [1.82, 2.24) is 0 Å². The summed E-state index contributed by atoms with van der Waals surface area (Å²) in [5.41, 5.74) is 0. The van der Waals surface area contributed by atoms with Crippen LogP contribution < -0.4 is 0 Å². The SMILES string of the molecule is CCCCCCC[C@H]1CC[C@H](CC[C@H]2CC[C@H](C#CC#N)CC2)CC1. The van der Waals surface area contributed by atoms with E-state index in [1.54, 1.807) is 0 Å². The van der Waals surface area contributed by atoms with Crippen LogP contribution in [-0.4, -0.2) is 0 Å². The van der Waals surface area contributed by atoms with Crippen LogP contribution in [0, 0.1) is 46.8 Å². The molecule has 0 unspecified atom stereocenters. The molecule has 2 rings (SSSR count). The zero-order chi connectivity index (χ0) is 17.7. The van der Waals surface area contributed by atoms with Crippen molar-refractivity contribution >= 4 is 0 Å². The normalized spacial score (nSPS) is 29.4. The van der Waals surface area contributed by atoms with Crippen LogP contribution in [0.4, 0.5) is 0 Å². The Labute approximate surface area is 157 Å². The summed E-state index contributed by atoms with van der Waals surface area (Å²) in [5, 5.41) is 8.55. The standard InChI is InChI=1S/C24H39N/c1-2-3-4-5-6-8-21-10-14-23(15-11-21)18-19-24-16-12-22(13-17-24)9-7-20-25/h21-24H,2-6,8,10-19H2,1H3/t21-,22-,23-,24-. The Morgan fingerprint density at radius 2 is 1.20 bits per heavy atom. The summed E-state index contributed by atoms with van der Waals surface area (Å²) in [7, 11) is 0. The molecule has 1 nitrogen and oxygen atoms in total. The van der Waals surface area contributed by atoms with Crippen LogP contribution in [0.2, 0.25) is 0 Å². The van der Waals surface area contributed by atoms with Gasteiger partial charge in [-0.15, -0.1) is 0 Å². The van der Waals surface area contributed by atoms with Gasteiger partial charge in [0.15, 0.2) is 6.07 Å². The van der Waals surface area contributed by atoms with Crippen LogP contribution >= 0.6 is 0 Å². The van der Waals surface area contributed by atoms with Gasteiger partial charge in [-0.3, -0.25) is 0 Å². The topological polar surface area (TPSA) is 23.8 Å². The van der Waals surface area contributed by atoms with E-state index in [0.717, 1.165) is 17.8 Å². The maximum absolute atomic E-state index is 8.55. The van der Waals surface area contributed by atoms with Crippen LogP contribution in [0.3, 0.4) is 0 Å². The van der Waals surface area contributed by atoms with E-state index < -0.39 is 0 Å². The number of nitrogens with zero attached hydrogens (tertiary/aromatic N) is 1. The number of unbranched alkanes of at least 4 members (excludes halogenated alkanes) is 4. The Balaban J connectivity index is 1.51. The molecule has 140 valence electrons. The summed E-state index contributed by atoms with van der Waals surface area (Å²) in [5.74, 6) is 9.23. The van der Waals surface area contributed by atoms with Crippen molar-refractivity contribution in [3.8, 4) is 17.9 Å². The predicted molar refractivity (Wildman–Crippen MR) is 107 cm³/mol. The average Bonchev–Trinajstić information content (AvgIpc) is 2.66. The van der Waals surface area contributed by atoms with Crippen molar-refractivity contribution in [2.45, 2.75) is 110 Å². The molecule has 2 aliphatic carbocycles. The molecule has 0 N–H and O–H groups in total. The second-order valence-electron chi connectivity index (χ2n) is 8.77. The van der Waals surface area contributed by atoms with E-state index in [-0.39, 0.29) is 0 Å². The lowest BCUT2D eigenvalue weighted by molar-refractivity contribution is 0.220. The third-order valence-corrected chi connectivity index (χ3v) is 6.84. The van der Waals surface area contributed by atoms with Crippen molar-refractivity contribution in [1.29, 1.82) is 5.26 Å². The molecule has 0 heterocycles. The Morgan fingerprint density at radius 3 is 1.76 bits per heavy atom. The molecule has 0 radical (unpaired) electrons. The zero-order valence-electron chi connectivity index (χ0n) is 16.6. The quantitative estimate of drug-likeness (QED) is 0.319. The van der Waals surface area contributed by atoms with Gasteiger partial charge in [-0.2, -0.15) is 5.26 Å². The number of hydrogen-bond acceptors (Lipinski definition) is 1. The molecule has 0 saturated heterocycles. The van der Waals surface area contributed by atoms with Gasteiger partial charge < -0.3 is 0 Å². The van der Waals surface area contributed by atoms with Crippen molar-refractivity contribution in [3.05, 3.63) is 0 Å². The highest BCUT2D eigenvalue weighted by molar-refractivity contribution is 5.18. The van der Waals surface area contributed by atoms with Crippen molar-refractivity contribution in [3.63, 3.8) is 0 Å². The fourth-order valence-corrected chi connectivity index (χ4v) is 5.05. The monoisotopic (exact) mass is 341 g/mol. The van der Waals surface area contributed by atoms with E-state index in [9.17, 15) is 0 Å². The molecular formula is C24H39N. The van der Waals surface area contributed by atoms with Crippen molar-refractivity contribution in [2.24, 2.45) is 23.7 Å². The lowest BCUT2D eigenvalue weighted by Gasteiger charge is -2.31. The Bertz CT molecular complexity index is 433. The summed E-state index contributed by atoms with van der Waals surface area (Å²) in [6.45, 7) is 2.30. The van der Waals surface area contributed by atoms with Gasteiger partial charge in [-0.05, 0) is 43.4 Å². The number of rotatable bonds is 9. The highest BCUT2D eigenvalue weighted by Crippen LogP contribution is 2.37. The predicted octanol–water partition coefficient (Wildman–Crippen LogP) is 7.27. The van der Waals surface area contributed by atoms with Crippen LogP contribution in [0.15, 0.2) is 0 Å². The first kappa shape index (κ1) is 20.4. The molecule has 2 aliphatic rings. The highest BCUT2D eigenvalue weighted by atomic mass is 14.3. The fourth-order valence-electron chi connectivity index (χ4n) is 5.05. The fraction of sp³-hybridized carbons (Fsp3) is 0.875. The number of hydrogen-bond donors (Lipinski definition) is 0. The molecule has 1 heteroatoms. The Hall–Kier alpha value is -0.950. The lowest BCUT2D eigenvalue weighted by atomic mass is 9.75. The van der Waals surface area contributed by atoms with Crippen LogP contribution in [0.5, 0.6) is 0 Å². The van der Waals surface area contributed by atoms with E-state index in [0.29, 0.717) is 5.92 Å². The van der Waals surface area contributed by atoms with Gasteiger partial charge in [0.05, 0.1) is 0 Å². The van der Waals surface area contributed by atoms with Gasteiger partial charge in [0.1, 0.15) is 0 Å². The number of nitriles is 1. The summed E-state index contributed by atoms with van der Waals surface area (Å²) >= 11 is 0. The minimum atomic E-state index is 0.503. The van der Waals surface area contributed by atoms with E-state index >= 15 is 0 Å². The molecule has 2 saturated carbocycles. The summed E-state index contributed by atoms with van der Waals surface area (Å²) in [6.07, 6.45) is 22.8. The molecule has 2 fully saturated rings. The smallest absolute Gasteiger partial charge is 0.152 e. The summed E-state index contributed by atoms with van der Waals surface area (Å²) in [4.78, 5) is 0. The molecule has 0 atom stereocenters. The summed E-state index contributed by atoms with van der Waals surface area (Å²) < 4.78 is 0. The first-order chi connectivity index (χ1) is 12.3. The van der Waals surface area contributed by atoms with Crippen molar-refractivity contribution < 1.29 is 0 Å². The molecule has 0 amide bonds. The van der Waals surface area contributed by atoms with Gasteiger partial charge in [-0.25, -0.2) is 0 Å². The van der Waals surface area contributed by atoms with E-state index in [1.165, 1.54) is 103 Å². The van der Waals surface area contributed by atoms with Gasteiger partial charge in [0.2, 0.25) is 0 Å². The van der Waals surface area contributed by atoms with E-state index in [2.05, 4.69) is 18.8 Å². The zero-order valence-corrected chi connectivity index (χ0v) is 16.6. The first-order valence-electron chi connectivity index (χ1n) is 11.2. The maximum Gasteiger partial charge on any atom is 0.152 e. The van der Waals surface area contributed by atoms with Crippen molar-refractivity contribution in [2.75, 3.05) is 0 Å². The Morgan fingerprint density at radius 1 is 0.680 bits per heavy atom. The van der Waals surface area contributed by atoms with Crippen LogP contribution in [-0.2, 0) is 0 Å². The maximum atomic E-state index is 8.55. The lowest BCUT2D eigenvalue weighted by Crippen LogP contribution is -2.18. The average molecular weight is 342 g/mol. The minimum Gasteiger partial charge on any atom is -0.183 e. The minimum absolute atomic E-state index is 0.503. The molecule has 0 bridgehead atoms. The molecule has 25 heavy (non-hydrogen) atoms. The first-order valence-corrected chi connectivity index (χ1v) is 11.2.